The summed E-state index contributed by atoms with van der Waals surface area (Å²) < 4.78 is 66.3. The summed E-state index contributed by atoms with van der Waals surface area (Å²) >= 11 is 0. The van der Waals surface area contributed by atoms with Crippen molar-refractivity contribution < 1.29 is 41.0 Å². The number of hydrogen-bond donors (Lipinski definition) is 0. The van der Waals surface area contributed by atoms with Crippen molar-refractivity contribution in [1.82, 2.24) is 0 Å². The van der Waals surface area contributed by atoms with Crippen molar-refractivity contribution in [3.05, 3.63) is 0 Å². The molecular formula is C15H25NO9S. The highest BCUT2D eigenvalue weighted by molar-refractivity contribution is 7.85. The van der Waals surface area contributed by atoms with Crippen LogP contribution in [0.25, 0.3) is 0 Å². The molecule has 3 saturated heterocycles. The molecule has 0 saturated carbocycles. The van der Waals surface area contributed by atoms with Crippen LogP contribution in [0.4, 0.5) is 0 Å². The second-order valence-electron chi connectivity index (χ2n) is 7.16. The average molecular weight is 395 g/mol. The Kier molecular flexibility index (Phi) is 5.10. The molecule has 150 valence electrons. The van der Waals surface area contributed by atoms with Gasteiger partial charge in [-0.3, -0.25) is 0 Å². The van der Waals surface area contributed by atoms with Crippen LogP contribution in [-0.4, -0.2) is 70.3 Å². The average Bonchev–Trinajstić information content (AvgIpc) is 2.97. The van der Waals surface area contributed by atoms with Gasteiger partial charge in [0.2, 0.25) is 5.79 Å². The van der Waals surface area contributed by atoms with Gasteiger partial charge in [0.15, 0.2) is 18.0 Å². The Balaban J connectivity index is 1.78. The van der Waals surface area contributed by atoms with Crippen LogP contribution in [-0.2, 0) is 42.9 Å². The molecular weight excluding hydrogens is 370 g/mol. The monoisotopic (exact) mass is 395 g/mol. The summed E-state index contributed by atoms with van der Waals surface area (Å²) in [5.41, 5.74) is 0. The van der Waals surface area contributed by atoms with E-state index in [2.05, 4.69) is 4.40 Å². The first-order chi connectivity index (χ1) is 12.0. The Labute approximate surface area is 152 Å². The van der Waals surface area contributed by atoms with Gasteiger partial charge in [0.1, 0.15) is 24.9 Å². The molecule has 0 aliphatic carbocycles. The van der Waals surface area contributed by atoms with Gasteiger partial charge in [0, 0.05) is 0 Å². The van der Waals surface area contributed by atoms with Crippen LogP contribution < -0.4 is 0 Å². The maximum absolute atomic E-state index is 11.9. The van der Waals surface area contributed by atoms with Gasteiger partial charge in [0.25, 0.3) is 0 Å². The number of nitrogens with zero attached hydrogens (tertiary/aromatic N) is 1. The highest BCUT2D eigenvalue weighted by Gasteiger charge is 2.65. The summed E-state index contributed by atoms with van der Waals surface area (Å²) in [7, 11) is -4.22. The van der Waals surface area contributed by atoms with Crippen molar-refractivity contribution in [3.8, 4) is 0 Å². The molecule has 3 aliphatic heterocycles. The van der Waals surface area contributed by atoms with Crippen LogP contribution in [0.5, 0.6) is 0 Å². The summed E-state index contributed by atoms with van der Waals surface area (Å²) in [6.45, 7) is 8.67. The van der Waals surface area contributed by atoms with E-state index >= 15 is 0 Å². The Hall–Kier alpha value is -0.820. The van der Waals surface area contributed by atoms with Crippen molar-refractivity contribution in [2.24, 2.45) is 4.40 Å². The Bertz CT molecular complexity index is 662. The number of fused-ring (bicyclic) bond motifs is 3. The minimum Gasteiger partial charge on any atom is -0.483 e. The lowest BCUT2D eigenvalue weighted by Crippen LogP contribution is -2.60. The molecule has 3 rings (SSSR count). The van der Waals surface area contributed by atoms with Gasteiger partial charge in [-0.1, -0.05) is 0 Å². The summed E-state index contributed by atoms with van der Waals surface area (Å²) in [4.78, 5) is 0. The van der Waals surface area contributed by atoms with Crippen molar-refractivity contribution >= 4 is 16.7 Å². The third kappa shape index (κ3) is 4.03. The summed E-state index contributed by atoms with van der Waals surface area (Å²) in [5.74, 6) is -3.28. The quantitative estimate of drug-likeness (QED) is 0.474. The smallest absolute Gasteiger partial charge is 0.383 e. The lowest BCUT2D eigenvalue weighted by Gasteiger charge is -2.40. The molecule has 0 spiro atoms. The maximum Gasteiger partial charge on any atom is 0.383 e. The number of hydrogen-bond acceptors (Lipinski definition) is 9. The van der Waals surface area contributed by atoms with E-state index < -0.39 is 46.5 Å². The molecule has 0 N–H and O–H groups in total. The molecule has 0 unspecified atom stereocenters. The molecule has 3 fully saturated rings. The minimum atomic E-state index is -4.22. The molecule has 0 aromatic rings. The Morgan fingerprint density at radius 3 is 2.58 bits per heavy atom. The van der Waals surface area contributed by atoms with E-state index in [0.717, 1.165) is 6.40 Å². The first-order valence-electron chi connectivity index (χ1n) is 8.40. The molecule has 3 aliphatic rings. The molecule has 0 bridgehead atoms. The lowest BCUT2D eigenvalue weighted by atomic mass is 9.98. The van der Waals surface area contributed by atoms with Crippen LogP contribution in [0.2, 0.25) is 0 Å². The second-order valence-corrected chi connectivity index (χ2v) is 8.46. The Morgan fingerprint density at radius 1 is 1.15 bits per heavy atom. The molecule has 0 radical (unpaired) electrons. The summed E-state index contributed by atoms with van der Waals surface area (Å²) in [6.07, 6.45) is -0.759. The fourth-order valence-electron chi connectivity index (χ4n) is 3.29. The van der Waals surface area contributed by atoms with E-state index in [1.54, 1.807) is 34.6 Å². The van der Waals surface area contributed by atoms with Crippen molar-refractivity contribution in [2.75, 3.05) is 19.8 Å². The van der Waals surface area contributed by atoms with Gasteiger partial charge in [-0.05, 0) is 34.6 Å². The predicted octanol–water partition coefficient (Wildman–Crippen LogP) is 0.711. The molecule has 3 heterocycles. The van der Waals surface area contributed by atoms with Crippen LogP contribution >= 0.6 is 0 Å². The summed E-state index contributed by atoms with van der Waals surface area (Å²) in [6, 6.07) is 0. The molecule has 26 heavy (non-hydrogen) atoms. The molecule has 0 aromatic carbocycles. The largest absolute Gasteiger partial charge is 0.483 e. The molecule has 11 heteroatoms. The SMILES string of the molecule is CCO/C=N/S(=O)(=O)OC[C@@]12OC[C@H]3OC(C)(C)O[C@H]3[C@@H]1OC(C)(C)O2. The fraction of sp³-hybridized carbons (Fsp3) is 0.933. The zero-order chi connectivity index (χ0) is 19.2. The van der Waals surface area contributed by atoms with Gasteiger partial charge >= 0.3 is 10.3 Å². The van der Waals surface area contributed by atoms with E-state index in [0.29, 0.717) is 0 Å². The van der Waals surface area contributed by atoms with Crippen LogP contribution in [0.3, 0.4) is 0 Å². The van der Waals surface area contributed by atoms with E-state index in [9.17, 15) is 8.42 Å². The molecule has 0 aromatic heterocycles. The number of ether oxygens (including phenoxy) is 6. The summed E-state index contributed by atoms with van der Waals surface area (Å²) in [5, 5.41) is 0. The third-order valence-corrected chi connectivity index (χ3v) is 4.86. The van der Waals surface area contributed by atoms with E-state index in [1.807, 2.05) is 0 Å². The van der Waals surface area contributed by atoms with Gasteiger partial charge < -0.3 is 28.4 Å². The molecule has 0 amide bonds. The number of rotatable bonds is 6. The highest BCUT2D eigenvalue weighted by atomic mass is 32.2. The van der Waals surface area contributed by atoms with E-state index in [-0.39, 0.29) is 19.3 Å². The molecule has 4 atom stereocenters. The van der Waals surface area contributed by atoms with Crippen LogP contribution in [0.1, 0.15) is 34.6 Å². The van der Waals surface area contributed by atoms with Crippen LogP contribution in [0, 0.1) is 0 Å². The second kappa shape index (κ2) is 6.66. The molecule has 10 nitrogen and oxygen atoms in total. The first-order valence-corrected chi connectivity index (χ1v) is 9.76. The van der Waals surface area contributed by atoms with E-state index in [1.165, 1.54) is 0 Å². The highest BCUT2D eigenvalue weighted by Crippen LogP contribution is 2.47. The van der Waals surface area contributed by atoms with Crippen molar-refractivity contribution in [3.63, 3.8) is 0 Å². The minimum absolute atomic E-state index is 0.148. The lowest BCUT2D eigenvalue weighted by molar-refractivity contribution is -0.290. The standard InChI is InChI=1S/C15H25NO9S/c1-6-19-9-16-26(17,18)21-8-15-12(24-14(4,5)25-15)11-10(7-20-15)22-13(2,3)23-11/h9-12H,6-8H2,1-5H3/b16-9+/t10-,11-,12+,15+/m1/s1. The van der Waals surface area contributed by atoms with Gasteiger partial charge in [-0.15, -0.1) is 4.40 Å². The van der Waals surface area contributed by atoms with Gasteiger partial charge in [-0.25, -0.2) is 4.18 Å². The first kappa shape index (κ1) is 19.9. The normalized spacial score (nSPS) is 38.3. The zero-order valence-electron chi connectivity index (χ0n) is 15.5. The zero-order valence-corrected chi connectivity index (χ0v) is 16.3. The van der Waals surface area contributed by atoms with E-state index in [4.69, 9.17) is 32.6 Å². The fourth-order valence-corrected chi connectivity index (χ4v) is 3.83. The van der Waals surface area contributed by atoms with Crippen molar-refractivity contribution in [2.45, 2.75) is 70.3 Å². The Morgan fingerprint density at radius 2 is 1.88 bits per heavy atom. The van der Waals surface area contributed by atoms with Gasteiger partial charge in [0.05, 0.1) is 13.2 Å². The van der Waals surface area contributed by atoms with Gasteiger partial charge in [-0.2, -0.15) is 8.42 Å². The maximum atomic E-state index is 11.9. The third-order valence-electron chi connectivity index (χ3n) is 4.10. The van der Waals surface area contributed by atoms with Crippen LogP contribution in [0.15, 0.2) is 4.40 Å². The topological polar surface area (TPSA) is 111 Å². The predicted molar refractivity (Wildman–Crippen MR) is 87.5 cm³/mol. The van der Waals surface area contributed by atoms with Crippen molar-refractivity contribution in [1.29, 1.82) is 0 Å².